The van der Waals surface area contributed by atoms with Gasteiger partial charge in [-0.1, -0.05) is 66.7 Å². The van der Waals surface area contributed by atoms with Crippen molar-refractivity contribution in [2.45, 2.75) is 97.1 Å². The first-order chi connectivity index (χ1) is 26.7. The van der Waals surface area contributed by atoms with Crippen LogP contribution in [-0.4, -0.2) is 72.2 Å². The zero-order valence-corrected chi connectivity index (χ0v) is 32.9. The van der Waals surface area contributed by atoms with E-state index in [-0.39, 0.29) is 30.9 Å². The molecule has 12 nitrogen and oxygen atoms in total. The summed E-state index contributed by atoms with van der Waals surface area (Å²) in [6, 6.07) is 22.8. The van der Waals surface area contributed by atoms with Crippen LogP contribution in [0.1, 0.15) is 107 Å². The first kappa shape index (κ1) is 38.4. The summed E-state index contributed by atoms with van der Waals surface area (Å²) in [6.07, 6.45) is 6.12. The second-order valence-electron chi connectivity index (χ2n) is 16.4. The van der Waals surface area contributed by atoms with E-state index in [1.165, 1.54) is 0 Å². The van der Waals surface area contributed by atoms with Crippen molar-refractivity contribution in [3.05, 3.63) is 108 Å². The maximum atomic E-state index is 13.9. The number of likely N-dealkylation sites (tertiary alicyclic amines) is 2. The Morgan fingerprint density at radius 2 is 1.18 bits per heavy atom. The number of aromatic nitrogens is 4. The Hall–Kier alpha value is -5.91. The lowest BCUT2D eigenvalue weighted by molar-refractivity contribution is 0.0208. The van der Waals surface area contributed by atoms with Gasteiger partial charge in [0.2, 0.25) is 0 Å². The van der Waals surface area contributed by atoms with Crippen molar-refractivity contribution in [1.82, 2.24) is 29.7 Å². The van der Waals surface area contributed by atoms with E-state index in [4.69, 9.17) is 14.2 Å². The van der Waals surface area contributed by atoms with Gasteiger partial charge in [-0.3, -0.25) is 9.80 Å². The lowest BCUT2D eigenvalue weighted by Gasteiger charge is -2.27. The standard InChI is InChI=1S/C44H50N6O6/c1-43(2,3)55-41(52)49-22-10-14-36(49)38-45-25-34(47-38)30-18-16-29(17-19-30)32-21-20-31(24-33(32)40(51)54-27-28-12-8-7-9-13-28)35-26-46-39(48-35)37-15-11-23-50(37)42(53)56-44(4,5)6/h7-9,12-13,16-21,24-26,36-37H,10-11,14-15,22-23,27H2,1-6H3,(H,45,47)(H,46,48)/t36-,37-/m0/s1. The number of nitrogens with zero attached hydrogens (tertiary/aromatic N) is 4. The van der Waals surface area contributed by atoms with Gasteiger partial charge in [0, 0.05) is 18.7 Å². The van der Waals surface area contributed by atoms with Crippen molar-refractivity contribution in [2.75, 3.05) is 13.1 Å². The quantitative estimate of drug-likeness (QED) is 0.118. The fourth-order valence-corrected chi connectivity index (χ4v) is 7.25. The normalized spacial score (nSPS) is 17.2. The molecular formula is C44H50N6O6. The zero-order valence-electron chi connectivity index (χ0n) is 32.9. The van der Waals surface area contributed by atoms with Crippen molar-refractivity contribution in [3.8, 4) is 33.6 Å². The lowest BCUT2D eigenvalue weighted by atomic mass is 9.95. The maximum absolute atomic E-state index is 13.9. The topological polar surface area (TPSA) is 143 Å². The Balaban J connectivity index is 1.14. The highest BCUT2D eigenvalue weighted by atomic mass is 16.6. The van der Waals surface area contributed by atoms with Gasteiger partial charge in [0.05, 0.1) is 41.4 Å². The van der Waals surface area contributed by atoms with Crippen molar-refractivity contribution in [2.24, 2.45) is 0 Å². The summed E-state index contributed by atoms with van der Waals surface area (Å²) in [5.74, 6) is 0.938. The molecule has 2 aromatic heterocycles. The molecule has 5 aromatic rings. The second kappa shape index (κ2) is 15.7. The number of amides is 2. The van der Waals surface area contributed by atoms with Gasteiger partial charge in [-0.25, -0.2) is 24.4 Å². The van der Waals surface area contributed by atoms with Crippen LogP contribution in [0.25, 0.3) is 33.6 Å². The molecule has 0 unspecified atom stereocenters. The maximum Gasteiger partial charge on any atom is 0.410 e. The monoisotopic (exact) mass is 758 g/mol. The number of aromatic amines is 2. The van der Waals surface area contributed by atoms with E-state index in [0.29, 0.717) is 30.0 Å². The Morgan fingerprint density at radius 1 is 0.679 bits per heavy atom. The minimum Gasteiger partial charge on any atom is -0.457 e. The average molecular weight is 759 g/mol. The van der Waals surface area contributed by atoms with Gasteiger partial charge in [-0.15, -0.1) is 0 Å². The highest BCUT2D eigenvalue weighted by Gasteiger charge is 2.36. The van der Waals surface area contributed by atoms with E-state index < -0.39 is 17.2 Å². The summed E-state index contributed by atoms with van der Waals surface area (Å²) in [6.45, 7) is 12.5. The third kappa shape index (κ3) is 8.80. The summed E-state index contributed by atoms with van der Waals surface area (Å²) >= 11 is 0. The van der Waals surface area contributed by atoms with E-state index in [9.17, 15) is 14.4 Å². The molecule has 2 aliphatic heterocycles. The third-order valence-corrected chi connectivity index (χ3v) is 9.85. The number of esters is 1. The predicted molar refractivity (Wildman–Crippen MR) is 212 cm³/mol. The average Bonchev–Trinajstić information content (AvgIpc) is 3.99. The molecule has 0 aliphatic carbocycles. The number of H-pyrrole nitrogens is 2. The number of rotatable bonds is 8. The van der Waals surface area contributed by atoms with Gasteiger partial charge in [0.15, 0.2) is 0 Å². The summed E-state index contributed by atoms with van der Waals surface area (Å²) in [4.78, 5) is 59.4. The van der Waals surface area contributed by atoms with Gasteiger partial charge < -0.3 is 24.2 Å². The Kier molecular flexibility index (Phi) is 10.7. The van der Waals surface area contributed by atoms with Crippen LogP contribution in [0.5, 0.6) is 0 Å². The van der Waals surface area contributed by atoms with Crippen LogP contribution in [0, 0.1) is 0 Å². The molecule has 7 rings (SSSR count). The second-order valence-corrected chi connectivity index (χ2v) is 16.4. The minimum absolute atomic E-state index is 0.132. The summed E-state index contributed by atoms with van der Waals surface area (Å²) in [5.41, 5.74) is 4.88. The molecule has 2 atom stereocenters. The summed E-state index contributed by atoms with van der Waals surface area (Å²) < 4.78 is 17.2. The number of ether oxygens (including phenoxy) is 3. The van der Waals surface area contributed by atoms with Crippen LogP contribution in [0.15, 0.2) is 85.2 Å². The van der Waals surface area contributed by atoms with E-state index in [0.717, 1.165) is 65.1 Å². The molecule has 2 fully saturated rings. The van der Waals surface area contributed by atoms with Gasteiger partial charge in [0.1, 0.15) is 29.5 Å². The zero-order chi connectivity index (χ0) is 39.6. The van der Waals surface area contributed by atoms with Gasteiger partial charge in [-0.2, -0.15) is 0 Å². The van der Waals surface area contributed by atoms with E-state index in [1.807, 2.05) is 114 Å². The molecular weight excluding hydrogens is 709 g/mol. The number of hydrogen-bond acceptors (Lipinski definition) is 8. The lowest BCUT2D eigenvalue weighted by Crippen LogP contribution is -2.36. The number of carbonyl (C=O) groups is 3. The van der Waals surface area contributed by atoms with Crippen LogP contribution in [0.3, 0.4) is 0 Å². The number of imidazole rings is 2. The van der Waals surface area contributed by atoms with Gasteiger partial charge >= 0.3 is 18.2 Å². The molecule has 3 aromatic carbocycles. The fourth-order valence-electron chi connectivity index (χ4n) is 7.25. The molecule has 56 heavy (non-hydrogen) atoms. The Labute approximate surface area is 327 Å². The highest BCUT2D eigenvalue weighted by molar-refractivity contribution is 5.99. The molecule has 0 saturated carbocycles. The Morgan fingerprint density at radius 3 is 1.71 bits per heavy atom. The van der Waals surface area contributed by atoms with Crippen molar-refractivity contribution < 1.29 is 28.6 Å². The van der Waals surface area contributed by atoms with Gasteiger partial charge in [0.25, 0.3) is 0 Å². The van der Waals surface area contributed by atoms with Crippen LogP contribution in [0.4, 0.5) is 9.59 Å². The van der Waals surface area contributed by atoms with Crippen molar-refractivity contribution in [3.63, 3.8) is 0 Å². The predicted octanol–water partition coefficient (Wildman–Crippen LogP) is 9.63. The van der Waals surface area contributed by atoms with Crippen LogP contribution < -0.4 is 0 Å². The largest absolute Gasteiger partial charge is 0.457 e. The van der Waals surface area contributed by atoms with E-state index in [2.05, 4.69) is 19.9 Å². The molecule has 2 N–H and O–H groups in total. The highest BCUT2D eigenvalue weighted by Crippen LogP contribution is 2.36. The van der Waals surface area contributed by atoms with Crippen LogP contribution in [0.2, 0.25) is 0 Å². The molecule has 0 bridgehead atoms. The minimum atomic E-state index is -0.600. The molecule has 0 radical (unpaired) electrons. The van der Waals surface area contributed by atoms with Crippen LogP contribution in [-0.2, 0) is 20.8 Å². The molecule has 292 valence electrons. The van der Waals surface area contributed by atoms with E-state index in [1.54, 1.807) is 22.2 Å². The first-order valence-electron chi connectivity index (χ1n) is 19.3. The van der Waals surface area contributed by atoms with Gasteiger partial charge in [-0.05, 0) is 95.5 Å². The smallest absolute Gasteiger partial charge is 0.410 e. The number of hydrogen-bond donors (Lipinski definition) is 2. The SMILES string of the molecule is CC(C)(C)OC(=O)N1CCC[C@H]1c1ncc(-c2ccc(-c3ccc(-c4cnc([C@@H]5CCCN5C(=O)OC(C)(C)C)[nH]4)cc3C(=O)OCc3ccccc3)cc2)[nH]1. The molecule has 12 heteroatoms. The summed E-state index contributed by atoms with van der Waals surface area (Å²) in [7, 11) is 0. The first-order valence-corrected chi connectivity index (χ1v) is 19.3. The molecule has 4 heterocycles. The van der Waals surface area contributed by atoms with Crippen molar-refractivity contribution >= 4 is 18.2 Å². The number of carbonyl (C=O) groups excluding carboxylic acids is 3. The van der Waals surface area contributed by atoms with Crippen molar-refractivity contribution in [1.29, 1.82) is 0 Å². The fraction of sp³-hybridized carbons (Fsp3) is 0.386. The number of benzene rings is 3. The molecule has 2 saturated heterocycles. The Bertz CT molecular complexity index is 2180. The molecule has 0 spiro atoms. The summed E-state index contributed by atoms with van der Waals surface area (Å²) in [5, 5.41) is 0. The van der Waals surface area contributed by atoms with E-state index >= 15 is 0 Å². The number of nitrogens with one attached hydrogen (secondary N) is 2. The molecule has 2 amide bonds. The third-order valence-electron chi connectivity index (χ3n) is 9.85. The van der Waals surface area contributed by atoms with Crippen LogP contribution >= 0.6 is 0 Å². The molecule has 2 aliphatic rings.